The molecule has 1 N–H and O–H groups in total. The van der Waals surface area contributed by atoms with Crippen LogP contribution < -0.4 is 5.32 Å². The molecule has 2 rings (SSSR count). The SMILES string of the molecule is CCS(=O)(=O)C(=C1NC[C@@H](c2ccccc2)O1)S(=O)(=O)CC. The van der Waals surface area contributed by atoms with Crippen LogP contribution in [0.2, 0.25) is 0 Å². The Morgan fingerprint density at radius 1 is 1.09 bits per heavy atom. The van der Waals surface area contributed by atoms with Gasteiger partial charge in [-0.2, -0.15) is 0 Å². The highest BCUT2D eigenvalue weighted by molar-refractivity contribution is 8.14. The van der Waals surface area contributed by atoms with E-state index in [0.29, 0.717) is 6.54 Å². The molecule has 1 aromatic rings. The van der Waals surface area contributed by atoms with Crippen molar-refractivity contribution < 1.29 is 21.6 Å². The Kier molecular flexibility index (Phi) is 4.81. The summed E-state index contributed by atoms with van der Waals surface area (Å²) in [6.45, 7) is 3.14. The van der Waals surface area contributed by atoms with E-state index in [-0.39, 0.29) is 17.4 Å². The maximum Gasteiger partial charge on any atom is 0.218 e. The standard InChI is InChI=1S/C14H19NO5S2/c1-3-21(16,17)14(22(18,19)4-2)13-15-10-12(20-13)11-8-6-5-7-9-11/h5-9,12,15H,3-4,10H2,1-2H3/t12-/m0/s1. The van der Waals surface area contributed by atoms with E-state index < -0.39 is 30.0 Å². The summed E-state index contributed by atoms with van der Waals surface area (Å²) < 4.78 is 53.7. The lowest BCUT2D eigenvalue weighted by molar-refractivity contribution is 0.170. The number of ether oxygens (including phenoxy) is 1. The van der Waals surface area contributed by atoms with Gasteiger partial charge in [-0.25, -0.2) is 16.8 Å². The van der Waals surface area contributed by atoms with Crippen molar-refractivity contribution in [3.8, 4) is 0 Å². The van der Waals surface area contributed by atoms with Crippen molar-refractivity contribution in [3.63, 3.8) is 0 Å². The first-order valence-electron chi connectivity index (χ1n) is 6.97. The predicted molar refractivity (Wildman–Crippen MR) is 84.2 cm³/mol. The zero-order valence-corrected chi connectivity index (χ0v) is 14.1. The van der Waals surface area contributed by atoms with Crippen molar-refractivity contribution in [1.29, 1.82) is 0 Å². The lowest BCUT2D eigenvalue weighted by Gasteiger charge is -2.12. The molecular formula is C14H19NO5S2. The van der Waals surface area contributed by atoms with Crippen molar-refractivity contribution in [2.75, 3.05) is 18.1 Å². The second kappa shape index (κ2) is 6.29. The lowest BCUT2D eigenvalue weighted by Crippen LogP contribution is -2.23. The zero-order chi connectivity index (χ0) is 16.4. The van der Waals surface area contributed by atoms with E-state index in [4.69, 9.17) is 4.74 Å². The first kappa shape index (κ1) is 16.8. The molecule has 0 unspecified atom stereocenters. The Morgan fingerprint density at radius 2 is 1.64 bits per heavy atom. The van der Waals surface area contributed by atoms with E-state index in [1.807, 2.05) is 30.3 Å². The average Bonchev–Trinajstić information content (AvgIpc) is 2.97. The Hall–Kier alpha value is -1.54. The van der Waals surface area contributed by atoms with E-state index >= 15 is 0 Å². The monoisotopic (exact) mass is 345 g/mol. The summed E-state index contributed by atoms with van der Waals surface area (Å²) in [7, 11) is -7.83. The van der Waals surface area contributed by atoms with Gasteiger partial charge in [0.05, 0.1) is 18.1 Å². The van der Waals surface area contributed by atoms with Crippen LogP contribution in [0.4, 0.5) is 0 Å². The van der Waals surface area contributed by atoms with E-state index in [2.05, 4.69) is 5.32 Å². The third-order valence-electron chi connectivity index (χ3n) is 3.39. The van der Waals surface area contributed by atoms with Crippen molar-refractivity contribution in [2.45, 2.75) is 20.0 Å². The Labute approximate surface area is 131 Å². The molecule has 1 atom stereocenters. The number of benzene rings is 1. The minimum absolute atomic E-state index is 0.169. The first-order chi connectivity index (χ1) is 10.3. The van der Waals surface area contributed by atoms with E-state index in [1.165, 1.54) is 13.8 Å². The van der Waals surface area contributed by atoms with Gasteiger partial charge in [0.25, 0.3) is 0 Å². The summed E-state index contributed by atoms with van der Waals surface area (Å²) in [6, 6.07) is 9.23. The van der Waals surface area contributed by atoms with Gasteiger partial charge >= 0.3 is 0 Å². The highest BCUT2D eigenvalue weighted by atomic mass is 32.3. The van der Waals surface area contributed by atoms with Crippen LogP contribution >= 0.6 is 0 Å². The second-order valence-electron chi connectivity index (χ2n) is 4.82. The molecule has 122 valence electrons. The van der Waals surface area contributed by atoms with Crippen LogP contribution in [0, 0.1) is 0 Å². The van der Waals surface area contributed by atoms with Gasteiger partial charge in [-0.3, -0.25) is 0 Å². The zero-order valence-electron chi connectivity index (χ0n) is 12.4. The van der Waals surface area contributed by atoms with Gasteiger partial charge < -0.3 is 10.1 Å². The molecule has 22 heavy (non-hydrogen) atoms. The molecule has 1 saturated heterocycles. The van der Waals surface area contributed by atoms with Gasteiger partial charge in [0, 0.05) is 0 Å². The van der Waals surface area contributed by atoms with E-state index in [1.54, 1.807) is 0 Å². The van der Waals surface area contributed by atoms with Crippen molar-refractivity contribution in [2.24, 2.45) is 0 Å². The summed E-state index contributed by atoms with van der Waals surface area (Å²) >= 11 is 0. The van der Waals surface area contributed by atoms with Crippen LogP contribution in [-0.2, 0) is 24.4 Å². The Morgan fingerprint density at radius 3 is 2.14 bits per heavy atom. The molecule has 6 nitrogen and oxygen atoms in total. The molecule has 0 spiro atoms. The van der Waals surface area contributed by atoms with Gasteiger partial charge in [-0.15, -0.1) is 0 Å². The quantitative estimate of drug-likeness (QED) is 0.866. The molecule has 1 aliphatic heterocycles. The number of rotatable bonds is 5. The van der Waals surface area contributed by atoms with E-state index in [9.17, 15) is 16.8 Å². The molecule has 0 saturated carbocycles. The molecule has 0 radical (unpaired) electrons. The van der Waals surface area contributed by atoms with Crippen molar-refractivity contribution in [1.82, 2.24) is 5.32 Å². The van der Waals surface area contributed by atoms with Gasteiger partial charge in [0.2, 0.25) is 10.1 Å². The smallest absolute Gasteiger partial charge is 0.218 e. The predicted octanol–water partition coefficient (Wildman–Crippen LogP) is 1.34. The number of sulfone groups is 2. The highest BCUT2D eigenvalue weighted by Gasteiger charge is 2.37. The Balaban J connectivity index is 2.47. The lowest BCUT2D eigenvalue weighted by atomic mass is 10.1. The fourth-order valence-corrected chi connectivity index (χ4v) is 5.71. The number of hydrogen-bond donors (Lipinski definition) is 1. The van der Waals surface area contributed by atoms with E-state index in [0.717, 1.165) is 5.56 Å². The van der Waals surface area contributed by atoms with Gasteiger partial charge in [0.1, 0.15) is 6.10 Å². The van der Waals surface area contributed by atoms with Crippen LogP contribution in [0.1, 0.15) is 25.5 Å². The third kappa shape index (κ3) is 3.27. The molecule has 0 amide bonds. The van der Waals surface area contributed by atoms with Crippen LogP contribution in [0.25, 0.3) is 0 Å². The molecule has 1 aromatic carbocycles. The molecule has 1 aliphatic rings. The van der Waals surface area contributed by atoms with Crippen LogP contribution in [0.15, 0.2) is 40.5 Å². The maximum atomic E-state index is 12.2. The van der Waals surface area contributed by atoms with Crippen LogP contribution in [-0.4, -0.2) is 34.9 Å². The highest BCUT2D eigenvalue weighted by Crippen LogP contribution is 2.30. The number of nitrogens with one attached hydrogen (secondary N) is 1. The normalized spacial score (nSPS) is 18.6. The van der Waals surface area contributed by atoms with Crippen LogP contribution in [0.5, 0.6) is 0 Å². The maximum absolute atomic E-state index is 12.2. The van der Waals surface area contributed by atoms with Gasteiger partial charge in [-0.05, 0) is 5.56 Å². The summed E-state index contributed by atoms with van der Waals surface area (Å²) in [5.41, 5.74) is 0.854. The minimum atomic E-state index is -3.91. The second-order valence-corrected chi connectivity index (χ2v) is 9.51. The fourth-order valence-electron chi connectivity index (χ4n) is 2.12. The minimum Gasteiger partial charge on any atom is -0.468 e. The molecule has 8 heteroatoms. The summed E-state index contributed by atoms with van der Waals surface area (Å²) in [6.07, 6.45) is -0.412. The molecule has 0 aliphatic carbocycles. The topological polar surface area (TPSA) is 89.5 Å². The van der Waals surface area contributed by atoms with Gasteiger partial charge in [0.15, 0.2) is 19.7 Å². The number of hydrogen-bond acceptors (Lipinski definition) is 6. The largest absolute Gasteiger partial charge is 0.468 e. The average molecular weight is 345 g/mol. The Bertz CT molecular complexity index is 731. The summed E-state index contributed by atoms with van der Waals surface area (Å²) in [5, 5.41) is 2.79. The van der Waals surface area contributed by atoms with Gasteiger partial charge in [-0.1, -0.05) is 44.2 Å². The molecule has 1 fully saturated rings. The molecular weight excluding hydrogens is 326 g/mol. The van der Waals surface area contributed by atoms with Crippen molar-refractivity contribution >= 4 is 19.7 Å². The summed E-state index contributed by atoms with van der Waals surface area (Å²) in [5.74, 6) is -0.768. The fraction of sp³-hybridized carbons (Fsp3) is 0.429. The van der Waals surface area contributed by atoms with Crippen molar-refractivity contribution in [3.05, 3.63) is 46.0 Å². The third-order valence-corrected chi connectivity index (χ3v) is 7.93. The molecule has 1 heterocycles. The summed E-state index contributed by atoms with van der Waals surface area (Å²) in [4.78, 5) is 0. The molecule has 0 bridgehead atoms. The first-order valence-corrected chi connectivity index (χ1v) is 10.3. The molecule has 0 aromatic heterocycles. The van der Waals surface area contributed by atoms with Crippen LogP contribution in [0.3, 0.4) is 0 Å².